The molecule has 1 aliphatic carbocycles. The van der Waals surface area contributed by atoms with E-state index in [9.17, 15) is 19.2 Å². The molecule has 10 heteroatoms. The minimum atomic E-state index is -0.894. The van der Waals surface area contributed by atoms with Crippen LogP contribution < -0.4 is 0 Å². The molecule has 10 nitrogen and oxygen atoms in total. The number of carbonyl (C=O) groups excluding carboxylic acids is 4. The normalized spacial score (nSPS) is 20.9. The number of ether oxygens (including phenoxy) is 4. The van der Waals surface area contributed by atoms with Gasteiger partial charge in [0, 0.05) is 0 Å². The van der Waals surface area contributed by atoms with Gasteiger partial charge in [-0.05, 0) is 49.4 Å². The van der Waals surface area contributed by atoms with Crippen LogP contribution >= 0.6 is 0 Å². The minimum absolute atomic E-state index is 0.0957. The molecule has 0 aliphatic heterocycles. The van der Waals surface area contributed by atoms with E-state index in [1.807, 2.05) is 13.8 Å². The first-order valence-corrected chi connectivity index (χ1v) is 11.1. The predicted octanol–water partition coefficient (Wildman–Crippen LogP) is 1.51. The molecule has 2 atom stereocenters. The van der Waals surface area contributed by atoms with Crippen molar-refractivity contribution >= 4 is 23.9 Å². The van der Waals surface area contributed by atoms with Crippen LogP contribution in [0.5, 0.6) is 0 Å². The van der Waals surface area contributed by atoms with Crippen LogP contribution in [-0.4, -0.2) is 73.7 Å². The molecule has 1 aromatic rings. The number of esters is 4. The molecular weight excluding hydrogens is 448 g/mol. The predicted molar refractivity (Wildman–Crippen MR) is 118 cm³/mol. The molecule has 0 spiro atoms. The van der Waals surface area contributed by atoms with Crippen LogP contribution in [0.15, 0.2) is 24.3 Å². The topological polar surface area (TPSA) is 146 Å². The van der Waals surface area contributed by atoms with Crippen LogP contribution in [0, 0.1) is 16.7 Å². The lowest BCUT2D eigenvalue weighted by molar-refractivity contribution is -0.166. The van der Waals surface area contributed by atoms with Crippen LogP contribution in [0.25, 0.3) is 0 Å². The van der Waals surface area contributed by atoms with E-state index in [1.54, 1.807) is 6.92 Å². The van der Waals surface area contributed by atoms with Crippen molar-refractivity contribution < 1.29 is 48.3 Å². The van der Waals surface area contributed by atoms with E-state index in [0.29, 0.717) is 12.8 Å². The smallest absolute Gasteiger partial charge is 0.338 e. The maximum absolute atomic E-state index is 12.7. The Morgan fingerprint density at radius 1 is 0.794 bits per heavy atom. The van der Waals surface area contributed by atoms with Crippen molar-refractivity contribution in [3.8, 4) is 0 Å². The lowest BCUT2D eigenvalue weighted by Gasteiger charge is -2.38. The fourth-order valence-electron chi connectivity index (χ4n) is 4.00. The molecule has 1 aliphatic rings. The number of benzene rings is 1. The Bertz CT molecular complexity index is 876. The fourth-order valence-corrected chi connectivity index (χ4v) is 4.00. The lowest BCUT2D eigenvalue weighted by Crippen LogP contribution is -2.44. The molecule has 0 aromatic heterocycles. The summed E-state index contributed by atoms with van der Waals surface area (Å²) in [6, 6.07) is 5.62. The van der Waals surface area contributed by atoms with Gasteiger partial charge >= 0.3 is 23.9 Å². The van der Waals surface area contributed by atoms with Crippen LogP contribution in [0.3, 0.4) is 0 Å². The first-order chi connectivity index (χ1) is 16.1. The molecule has 1 fully saturated rings. The summed E-state index contributed by atoms with van der Waals surface area (Å²) in [5, 5.41) is 17.6. The van der Waals surface area contributed by atoms with E-state index < -0.39 is 40.6 Å². The maximum atomic E-state index is 12.7. The fraction of sp³-hybridized carbons (Fsp3) is 0.583. The van der Waals surface area contributed by atoms with E-state index in [1.165, 1.54) is 24.3 Å². The maximum Gasteiger partial charge on any atom is 0.338 e. The molecular formula is C24H32O10. The number of rotatable bonds is 11. The van der Waals surface area contributed by atoms with Gasteiger partial charge in [-0.15, -0.1) is 0 Å². The highest BCUT2D eigenvalue weighted by Crippen LogP contribution is 2.56. The first-order valence-electron chi connectivity index (χ1n) is 11.1. The monoisotopic (exact) mass is 480 g/mol. The van der Waals surface area contributed by atoms with Crippen molar-refractivity contribution in [3.63, 3.8) is 0 Å². The Morgan fingerprint density at radius 3 is 1.79 bits per heavy atom. The zero-order valence-electron chi connectivity index (χ0n) is 19.7. The summed E-state index contributed by atoms with van der Waals surface area (Å²) < 4.78 is 20.3. The zero-order chi connectivity index (χ0) is 25.4. The minimum Gasteiger partial charge on any atom is -0.463 e. The highest BCUT2D eigenvalue weighted by molar-refractivity contribution is 5.93. The van der Waals surface area contributed by atoms with Crippen LogP contribution in [0.1, 0.15) is 54.3 Å². The number of carbonyl (C=O) groups is 4. The number of hydrogen-bond acceptors (Lipinski definition) is 10. The summed E-state index contributed by atoms with van der Waals surface area (Å²) in [5.41, 5.74) is -1.19. The van der Waals surface area contributed by atoms with E-state index in [2.05, 4.69) is 0 Å². The van der Waals surface area contributed by atoms with Gasteiger partial charge in [0.15, 0.2) is 0 Å². The average Bonchev–Trinajstić information content (AvgIpc) is 3.07. The molecule has 1 saturated carbocycles. The first kappa shape index (κ1) is 27.3. The molecule has 34 heavy (non-hydrogen) atoms. The van der Waals surface area contributed by atoms with Gasteiger partial charge in [-0.3, -0.25) is 9.59 Å². The van der Waals surface area contributed by atoms with Gasteiger partial charge in [0.2, 0.25) is 0 Å². The highest BCUT2D eigenvalue weighted by Gasteiger charge is 2.59. The highest BCUT2D eigenvalue weighted by atomic mass is 16.6. The van der Waals surface area contributed by atoms with Gasteiger partial charge in [-0.2, -0.15) is 0 Å². The van der Waals surface area contributed by atoms with Crippen molar-refractivity contribution in [2.45, 2.75) is 33.6 Å². The molecule has 0 saturated heterocycles. The second-order valence-electron chi connectivity index (χ2n) is 8.74. The van der Waals surface area contributed by atoms with Gasteiger partial charge in [0.25, 0.3) is 0 Å². The largest absolute Gasteiger partial charge is 0.463 e. The summed E-state index contributed by atoms with van der Waals surface area (Å²) in [6.45, 7) is 4.31. The lowest BCUT2D eigenvalue weighted by atomic mass is 9.65. The zero-order valence-corrected chi connectivity index (χ0v) is 19.7. The SMILES string of the molecule is CC1(C(=O)OCCO)CCC(C(=O)OCCOC(=O)c2ccc(C(=O)OCCO)cc2)C1(C)C. The van der Waals surface area contributed by atoms with Crippen molar-refractivity contribution in [1.29, 1.82) is 0 Å². The summed E-state index contributed by atoms with van der Waals surface area (Å²) in [6.07, 6.45) is 0.895. The van der Waals surface area contributed by atoms with E-state index in [-0.39, 0.29) is 50.8 Å². The van der Waals surface area contributed by atoms with Gasteiger partial charge in [-0.25, -0.2) is 9.59 Å². The standard InChI is InChI=1S/C24H32O10/c1-23(2)18(8-9-24(23,3)22(30)34-13-11-26)21(29)33-15-14-32-20(28)17-6-4-16(5-7-17)19(27)31-12-10-25/h4-7,18,25-26H,8-15H2,1-3H3. The van der Waals surface area contributed by atoms with Crippen LogP contribution in [0.4, 0.5) is 0 Å². The van der Waals surface area contributed by atoms with Crippen molar-refractivity contribution in [2.75, 3.05) is 39.6 Å². The molecule has 0 amide bonds. The molecule has 0 radical (unpaired) electrons. The molecule has 2 unspecified atom stereocenters. The number of hydrogen-bond donors (Lipinski definition) is 2. The number of aliphatic hydroxyl groups is 2. The van der Waals surface area contributed by atoms with Gasteiger partial charge in [0.05, 0.1) is 35.7 Å². The Balaban J connectivity index is 1.82. The van der Waals surface area contributed by atoms with Gasteiger partial charge in [-0.1, -0.05) is 13.8 Å². The molecule has 1 aromatic carbocycles. The van der Waals surface area contributed by atoms with Gasteiger partial charge in [0.1, 0.15) is 26.4 Å². The summed E-state index contributed by atoms with van der Waals surface area (Å²) in [7, 11) is 0. The van der Waals surface area contributed by atoms with Gasteiger partial charge < -0.3 is 29.2 Å². The van der Waals surface area contributed by atoms with E-state index >= 15 is 0 Å². The van der Waals surface area contributed by atoms with E-state index in [4.69, 9.17) is 29.2 Å². The van der Waals surface area contributed by atoms with E-state index in [0.717, 1.165) is 0 Å². The second-order valence-corrected chi connectivity index (χ2v) is 8.74. The Morgan fingerprint density at radius 2 is 1.26 bits per heavy atom. The average molecular weight is 481 g/mol. The molecule has 0 heterocycles. The third-order valence-electron chi connectivity index (χ3n) is 6.53. The molecule has 0 bridgehead atoms. The third-order valence-corrected chi connectivity index (χ3v) is 6.53. The van der Waals surface area contributed by atoms with Crippen molar-refractivity contribution in [1.82, 2.24) is 0 Å². The molecule has 2 rings (SSSR count). The summed E-state index contributed by atoms with van der Waals surface area (Å²) in [5.74, 6) is -2.73. The molecule has 2 N–H and O–H groups in total. The van der Waals surface area contributed by atoms with Crippen molar-refractivity contribution in [2.24, 2.45) is 16.7 Å². The van der Waals surface area contributed by atoms with Crippen LogP contribution in [0.2, 0.25) is 0 Å². The Hall–Kier alpha value is -2.98. The number of aliphatic hydroxyl groups excluding tert-OH is 2. The summed E-state index contributed by atoms with van der Waals surface area (Å²) in [4.78, 5) is 49.0. The summed E-state index contributed by atoms with van der Waals surface area (Å²) >= 11 is 0. The second kappa shape index (κ2) is 11.9. The Kier molecular flexibility index (Phi) is 9.57. The van der Waals surface area contributed by atoms with Crippen molar-refractivity contribution in [3.05, 3.63) is 35.4 Å². The molecule has 188 valence electrons. The Labute approximate surface area is 198 Å². The third kappa shape index (κ3) is 6.12. The van der Waals surface area contributed by atoms with Crippen LogP contribution in [-0.2, 0) is 28.5 Å². The quantitative estimate of drug-likeness (QED) is 0.271.